The molecule has 0 aliphatic carbocycles. The summed E-state index contributed by atoms with van der Waals surface area (Å²) in [5, 5.41) is 13.6. The predicted molar refractivity (Wildman–Crippen MR) is 78.3 cm³/mol. The Morgan fingerprint density at radius 3 is 2.75 bits per heavy atom. The van der Waals surface area contributed by atoms with Crippen LogP contribution in [0.2, 0.25) is 0 Å². The number of rotatable bonds is 4. The summed E-state index contributed by atoms with van der Waals surface area (Å²) in [4.78, 5) is 11.0. The smallest absolute Gasteiger partial charge is 0.137 e. The number of aliphatic hydroxyl groups excluding tert-OH is 1. The predicted octanol–water partition coefficient (Wildman–Crippen LogP) is 1.82. The molecule has 1 aliphatic heterocycles. The Morgan fingerprint density at radius 2 is 2.15 bits per heavy atom. The third-order valence-electron chi connectivity index (χ3n) is 4.04. The minimum absolute atomic E-state index is 0.309. The van der Waals surface area contributed by atoms with Gasteiger partial charge < -0.3 is 9.67 Å². The molecule has 0 saturated carbocycles. The maximum Gasteiger partial charge on any atom is 0.137 e. The molecule has 6 heteroatoms. The van der Waals surface area contributed by atoms with Crippen LogP contribution >= 0.6 is 11.3 Å². The van der Waals surface area contributed by atoms with Crippen LogP contribution in [0.1, 0.15) is 29.8 Å². The van der Waals surface area contributed by atoms with E-state index in [1.54, 1.807) is 17.5 Å². The normalized spacial score (nSPS) is 19.3. The Hall–Kier alpha value is -1.24. The van der Waals surface area contributed by atoms with Crippen LogP contribution in [0.3, 0.4) is 0 Å². The van der Waals surface area contributed by atoms with E-state index in [1.165, 1.54) is 5.01 Å². The second-order valence-electron chi connectivity index (χ2n) is 5.38. The average molecular weight is 292 g/mol. The first-order valence-electron chi connectivity index (χ1n) is 7.00. The quantitative estimate of drug-likeness (QED) is 0.934. The summed E-state index contributed by atoms with van der Waals surface area (Å²) in [5.74, 6) is 1.09. The van der Waals surface area contributed by atoms with Gasteiger partial charge in [0.15, 0.2) is 0 Å². The number of thiazole rings is 1. The van der Waals surface area contributed by atoms with E-state index < -0.39 is 6.10 Å². The summed E-state index contributed by atoms with van der Waals surface area (Å²) in [7, 11) is 1.93. The molecule has 0 bridgehead atoms. The van der Waals surface area contributed by atoms with Crippen LogP contribution in [0.25, 0.3) is 0 Å². The van der Waals surface area contributed by atoms with Crippen molar-refractivity contribution < 1.29 is 5.11 Å². The van der Waals surface area contributed by atoms with Crippen molar-refractivity contribution in [3.8, 4) is 0 Å². The lowest BCUT2D eigenvalue weighted by Gasteiger charge is -2.33. The summed E-state index contributed by atoms with van der Waals surface area (Å²) in [6, 6.07) is 0. The molecule has 0 amide bonds. The Kier molecular flexibility index (Phi) is 4.14. The first-order valence-corrected chi connectivity index (χ1v) is 7.88. The highest BCUT2D eigenvalue weighted by Gasteiger charge is 2.28. The Labute approximate surface area is 122 Å². The Balaban J connectivity index is 1.54. The summed E-state index contributed by atoms with van der Waals surface area (Å²) in [6.45, 7) is 2.97. The summed E-state index contributed by atoms with van der Waals surface area (Å²) < 4.78 is 1.91. The SMILES string of the molecule is Cn1ccnc1[C@H](O)C1CCN(Cc2nccs2)CC1. The molecule has 1 saturated heterocycles. The molecule has 3 heterocycles. The monoisotopic (exact) mass is 292 g/mol. The van der Waals surface area contributed by atoms with Crippen molar-refractivity contribution in [3.05, 3.63) is 34.8 Å². The summed E-state index contributed by atoms with van der Waals surface area (Å²) in [6.07, 6.45) is 7.07. The van der Waals surface area contributed by atoms with Crippen LogP contribution in [-0.2, 0) is 13.6 Å². The highest BCUT2D eigenvalue weighted by molar-refractivity contribution is 7.09. The molecule has 3 rings (SSSR count). The van der Waals surface area contributed by atoms with Gasteiger partial charge in [-0.15, -0.1) is 11.3 Å². The summed E-state index contributed by atoms with van der Waals surface area (Å²) in [5.41, 5.74) is 0. The van der Waals surface area contributed by atoms with Crippen molar-refractivity contribution in [1.82, 2.24) is 19.4 Å². The van der Waals surface area contributed by atoms with Gasteiger partial charge in [0.2, 0.25) is 0 Å². The number of aryl methyl sites for hydroxylation is 1. The van der Waals surface area contributed by atoms with Crippen LogP contribution < -0.4 is 0 Å². The molecule has 108 valence electrons. The van der Waals surface area contributed by atoms with Gasteiger partial charge in [0.05, 0.1) is 6.54 Å². The van der Waals surface area contributed by atoms with Crippen LogP contribution in [0.15, 0.2) is 24.0 Å². The zero-order chi connectivity index (χ0) is 13.9. The van der Waals surface area contributed by atoms with E-state index >= 15 is 0 Å². The summed E-state index contributed by atoms with van der Waals surface area (Å²) >= 11 is 1.71. The van der Waals surface area contributed by atoms with Gasteiger partial charge in [-0.25, -0.2) is 9.97 Å². The van der Waals surface area contributed by atoms with Crippen molar-refractivity contribution in [2.75, 3.05) is 13.1 Å². The van der Waals surface area contributed by atoms with E-state index in [1.807, 2.05) is 29.4 Å². The fraction of sp³-hybridized carbons (Fsp3) is 0.571. The second-order valence-corrected chi connectivity index (χ2v) is 6.36. The van der Waals surface area contributed by atoms with E-state index in [0.29, 0.717) is 5.92 Å². The van der Waals surface area contributed by atoms with E-state index in [9.17, 15) is 5.11 Å². The molecule has 0 unspecified atom stereocenters. The second kappa shape index (κ2) is 6.03. The number of likely N-dealkylation sites (tertiary alicyclic amines) is 1. The average Bonchev–Trinajstić information content (AvgIpc) is 3.10. The maximum atomic E-state index is 10.4. The molecule has 2 aromatic heterocycles. The van der Waals surface area contributed by atoms with Crippen molar-refractivity contribution in [2.45, 2.75) is 25.5 Å². The molecule has 1 aliphatic rings. The number of piperidine rings is 1. The fourth-order valence-electron chi connectivity index (χ4n) is 2.82. The van der Waals surface area contributed by atoms with Crippen LogP contribution in [-0.4, -0.2) is 37.6 Å². The van der Waals surface area contributed by atoms with Gasteiger partial charge in [-0.1, -0.05) is 0 Å². The number of aliphatic hydroxyl groups is 1. The molecule has 2 aromatic rings. The van der Waals surface area contributed by atoms with Gasteiger partial charge in [-0.2, -0.15) is 0 Å². The molecule has 5 nitrogen and oxygen atoms in total. The lowest BCUT2D eigenvalue weighted by molar-refractivity contribution is 0.0492. The molecule has 0 radical (unpaired) electrons. The number of imidazole rings is 1. The van der Waals surface area contributed by atoms with E-state index in [0.717, 1.165) is 38.3 Å². The minimum atomic E-state index is -0.447. The maximum absolute atomic E-state index is 10.4. The van der Waals surface area contributed by atoms with Crippen LogP contribution in [0, 0.1) is 5.92 Å². The molecule has 1 N–H and O–H groups in total. The lowest BCUT2D eigenvalue weighted by Crippen LogP contribution is -2.35. The molecule has 1 fully saturated rings. The first-order chi connectivity index (χ1) is 9.74. The molecule has 1 atom stereocenters. The van der Waals surface area contributed by atoms with E-state index in [2.05, 4.69) is 14.9 Å². The van der Waals surface area contributed by atoms with Gasteiger partial charge in [0, 0.05) is 31.0 Å². The van der Waals surface area contributed by atoms with Gasteiger partial charge in [-0.3, -0.25) is 4.90 Å². The molecular weight excluding hydrogens is 272 g/mol. The topological polar surface area (TPSA) is 54.2 Å². The van der Waals surface area contributed by atoms with Gasteiger partial charge in [0.1, 0.15) is 16.9 Å². The van der Waals surface area contributed by atoms with Gasteiger partial charge in [0.25, 0.3) is 0 Å². The van der Waals surface area contributed by atoms with E-state index in [-0.39, 0.29) is 0 Å². The standard InChI is InChI=1S/C14H20N4OS/c1-17-8-4-16-14(17)13(19)11-2-6-18(7-3-11)10-12-15-5-9-20-12/h4-5,8-9,11,13,19H,2-3,6-7,10H2,1H3/t13-/m1/s1. The minimum Gasteiger partial charge on any atom is -0.385 e. The highest BCUT2D eigenvalue weighted by atomic mass is 32.1. The van der Waals surface area contributed by atoms with Gasteiger partial charge >= 0.3 is 0 Å². The van der Waals surface area contributed by atoms with Crippen molar-refractivity contribution in [2.24, 2.45) is 13.0 Å². The Bertz CT molecular complexity index is 531. The number of aromatic nitrogens is 3. The van der Waals surface area contributed by atoms with Gasteiger partial charge in [-0.05, 0) is 31.8 Å². The van der Waals surface area contributed by atoms with Crippen LogP contribution in [0.5, 0.6) is 0 Å². The van der Waals surface area contributed by atoms with Crippen molar-refractivity contribution in [1.29, 1.82) is 0 Å². The first kappa shape index (κ1) is 13.7. The lowest BCUT2D eigenvalue weighted by atomic mass is 9.91. The molecule has 0 aromatic carbocycles. The number of hydrogen-bond acceptors (Lipinski definition) is 5. The number of nitrogens with zero attached hydrogens (tertiary/aromatic N) is 4. The fourth-order valence-corrected chi connectivity index (χ4v) is 3.48. The zero-order valence-corrected chi connectivity index (χ0v) is 12.5. The van der Waals surface area contributed by atoms with Crippen molar-refractivity contribution >= 4 is 11.3 Å². The largest absolute Gasteiger partial charge is 0.385 e. The molecule has 20 heavy (non-hydrogen) atoms. The zero-order valence-electron chi connectivity index (χ0n) is 11.6. The highest BCUT2D eigenvalue weighted by Crippen LogP contribution is 2.30. The Morgan fingerprint density at radius 1 is 1.35 bits per heavy atom. The molecule has 0 spiro atoms. The van der Waals surface area contributed by atoms with Crippen LogP contribution in [0.4, 0.5) is 0 Å². The third kappa shape index (κ3) is 2.92. The third-order valence-corrected chi connectivity index (χ3v) is 4.81. The van der Waals surface area contributed by atoms with E-state index in [4.69, 9.17) is 0 Å². The van der Waals surface area contributed by atoms with Crippen molar-refractivity contribution in [3.63, 3.8) is 0 Å². The molecular formula is C14H20N4OS. The number of hydrogen-bond donors (Lipinski definition) is 1.